The van der Waals surface area contributed by atoms with E-state index in [1.54, 1.807) is 13.3 Å². The second-order valence-electron chi connectivity index (χ2n) is 3.24. The first-order valence-electron chi connectivity index (χ1n) is 4.81. The van der Waals surface area contributed by atoms with Crippen molar-refractivity contribution >= 4 is 30.4 Å². The molecule has 1 aromatic heterocycles. The Morgan fingerprint density at radius 2 is 2.19 bits per heavy atom. The van der Waals surface area contributed by atoms with Crippen LogP contribution >= 0.6 is 24.8 Å². The number of hydrogen-bond donors (Lipinski definition) is 1. The monoisotopic (exact) mass is 262 g/mol. The highest BCUT2D eigenvalue weighted by Gasteiger charge is 2.11. The predicted octanol–water partition coefficient (Wildman–Crippen LogP) is 2.31. The molecular formula is C11H16Cl2N2O. The molecule has 1 aromatic rings. The number of methoxy groups -OCH3 is 1. The average molecular weight is 263 g/mol. The van der Waals surface area contributed by atoms with E-state index in [1.165, 1.54) is 5.57 Å². The Balaban J connectivity index is 0.00000112. The molecule has 0 saturated heterocycles. The van der Waals surface area contributed by atoms with Crippen LogP contribution in [0.3, 0.4) is 0 Å². The normalized spacial score (nSPS) is 14.2. The van der Waals surface area contributed by atoms with Crippen molar-refractivity contribution in [2.45, 2.75) is 6.42 Å². The van der Waals surface area contributed by atoms with Gasteiger partial charge in [0, 0.05) is 12.7 Å². The SMILES string of the molecule is COc1cccnc1C1=CCNCC1.Cl.Cl. The Morgan fingerprint density at radius 3 is 2.81 bits per heavy atom. The molecule has 1 N–H and O–H groups in total. The van der Waals surface area contributed by atoms with Crippen LogP contribution in [0.15, 0.2) is 24.4 Å². The summed E-state index contributed by atoms with van der Waals surface area (Å²) in [5, 5.41) is 3.28. The molecule has 0 unspecified atom stereocenters. The highest BCUT2D eigenvalue weighted by atomic mass is 35.5. The molecule has 1 aliphatic heterocycles. The summed E-state index contributed by atoms with van der Waals surface area (Å²) in [4.78, 5) is 4.35. The van der Waals surface area contributed by atoms with Gasteiger partial charge in [0.25, 0.3) is 0 Å². The molecule has 3 nitrogen and oxygen atoms in total. The summed E-state index contributed by atoms with van der Waals surface area (Å²) in [6, 6.07) is 3.84. The minimum atomic E-state index is 0. The van der Waals surface area contributed by atoms with E-state index in [4.69, 9.17) is 4.74 Å². The first kappa shape index (κ1) is 15.2. The van der Waals surface area contributed by atoms with Gasteiger partial charge in [0.1, 0.15) is 11.4 Å². The summed E-state index contributed by atoms with van der Waals surface area (Å²) in [5.41, 5.74) is 2.26. The number of halogens is 2. The van der Waals surface area contributed by atoms with Crippen molar-refractivity contribution in [1.29, 1.82) is 0 Å². The molecule has 0 bridgehead atoms. The standard InChI is InChI=1S/C11H14N2O.2ClH/c1-14-10-3-2-6-13-11(10)9-4-7-12-8-5-9;;/h2-4,6,12H,5,7-8H2,1H3;2*1H. The second kappa shape index (κ2) is 7.49. The van der Waals surface area contributed by atoms with Crippen LogP contribution < -0.4 is 10.1 Å². The molecule has 0 radical (unpaired) electrons. The quantitative estimate of drug-likeness (QED) is 0.889. The number of ether oxygens (including phenoxy) is 1. The number of nitrogens with one attached hydrogen (secondary N) is 1. The van der Waals surface area contributed by atoms with Crippen LogP contribution in [0.1, 0.15) is 12.1 Å². The lowest BCUT2D eigenvalue weighted by Crippen LogP contribution is -2.20. The van der Waals surface area contributed by atoms with Crippen molar-refractivity contribution in [3.63, 3.8) is 0 Å². The maximum absolute atomic E-state index is 5.27. The Labute approximate surface area is 108 Å². The molecule has 0 spiro atoms. The minimum absolute atomic E-state index is 0. The lowest BCUT2D eigenvalue weighted by Gasteiger charge is -2.15. The third-order valence-corrected chi connectivity index (χ3v) is 2.36. The second-order valence-corrected chi connectivity index (χ2v) is 3.24. The van der Waals surface area contributed by atoms with Gasteiger partial charge in [0.15, 0.2) is 0 Å². The lowest BCUT2D eigenvalue weighted by atomic mass is 10.0. The van der Waals surface area contributed by atoms with Gasteiger partial charge in [0.05, 0.1) is 7.11 Å². The van der Waals surface area contributed by atoms with Crippen LogP contribution in [0.25, 0.3) is 5.57 Å². The van der Waals surface area contributed by atoms with E-state index < -0.39 is 0 Å². The fourth-order valence-electron chi connectivity index (χ4n) is 1.63. The summed E-state index contributed by atoms with van der Waals surface area (Å²) in [6.07, 6.45) is 5.00. The van der Waals surface area contributed by atoms with E-state index in [1.807, 2.05) is 12.1 Å². The fraction of sp³-hybridized carbons (Fsp3) is 0.364. The van der Waals surface area contributed by atoms with Crippen LogP contribution in [-0.4, -0.2) is 25.2 Å². The topological polar surface area (TPSA) is 34.1 Å². The molecule has 1 aliphatic rings. The zero-order chi connectivity index (χ0) is 9.80. The highest BCUT2D eigenvalue weighted by Crippen LogP contribution is 2.26. The molecule has 2 heterocycles. The molecular weight excluding hydrogens is 247 g/mol. The summed E-state index contributed by atoms with van der Waals surface area (Å²) >= 11 is 0. The summed E-state index contributed by atoms with van der Waals surface area (Å²) < 4.78 is 5.27. The summed E-state index contributed by atoms with van der Waals surface area (Å²) in [7, 11) is 1.68. The van der Waals surface area contributed by atoms with Crippen molar-refractivity contribution in [2.75, 3.05) is 20.2 Å². The smallest absolute Gasteiger partial charge is 0.144 e. The van der Waals surface area contributed by atoms with E-state index >= 15 is 0 Å². The van der Waals surface area contributed by atoms with Crippen LogP contribution in [0, 0.1) is 0 Å². The Hall–Kier alpha value is -0.770. The first-order chi connectivity index (χ1) is 6.92. The summed E-state index contributed by atoms with van der Waals surface area (Å²) in [6.45, 7) is 1.95. The van der Waals surface area contributed by atoms with Gasteiger partial charge in [-0.25, -0.2) is 0 Å². The highest BCUT2D eigenvalue weighted by molar-refractivity contribution is 5.85. The third kappa shape index (κ3) is 3.37. The van der Waals surface area contributed by atoms with Crippen LogP contribution in [0.4, 0.5) is 0 Å². The van der Waals surface area contributed by atoms with Crippen molar-refractivity contribution in [3.05, 3.63) is 30.1 Å². The molecule has 0 atom stereocenters. The van der Waals surface area contributed by atoms with Gasteiger partial charge < -0.3 is 10.1 Å². The maximum atomic E-state index is 5.27. The number of hydrogen-bond acceptors (Lipinski definition) is 3. The van der Waals surface area contributed by atoms with Gasteiger partial charge in [-0.05, 0) is 30.7 Å². The number of aromatic nitrogens is 1. The Morgan fingerprint density at radius 1 is 1.38 bits per heavy atom. The largest absolute Gasteiger partial charge is 0.494 e. The van der Waals surface area contributed by atoms with Gasteiger partial charge >= 0.3 is 0 Å². The van der Waals surface area contributed by atoms with Crippen LogP contribution in [-0.2, 0) is 0 Å². The first-order valence-corrected chi connectivity index (χ1v) is 4.81. The minimum Gasteiger partial charge on any atom is -0.494 e. The average Bonchev–Trinajstić information content (AvgIpc) is 2.30. The van der Waals surface area contributed by atoms with Crippen molar-refractivity contribution in [2.24, 2.45) is 0 Å². The number of pyridine rings is 1. The molecule has 0 aromatic carbocycles. The third-order valence-electron chi connectivity index (χ3n) is 2.36. The lowest BCUT2D eigenvalue weighted by molar-refractivity contribution is 0.411. The molecule has 16 heavy (non-hydrogen) atoms. The van der Waals surface area contributed by atoms with Gasteiger partial charge in [0.2, 0.25) is 0 Å². The molecule has 2 rings (SSSR count). The summed E-state index contributed by atoms with van der Waals surface area (Å²) in [5.74, 6) is 0.862. The molecule has 5 heteroatoms. The van der Waals surface area contributed by atoms with E-state index in [9.17, 15) is 0 Å². The van der Waals surface area contributed by atoms with Crippen molar-refractivity contribution in [1.82, 2.24) is 10.3 Å². The predicted molar refractivity (Wildman–Crippen MR) is 70.7 cm³/mol. The fourth-order valence-corrected chi connectivity index (χ4v) is 1.63. The van der Waals surface area contributed by atoms with Crippen molar-refractivity contribution in [3.8, 4) is 5.75 Å². The molecule has 0 aliphatic carbocycles. The van der Waals surface area contributed by atoms with E-state index in [0.717, 1.165) is 31.0 Å². The van der Waals surface area contributed by atoms with Gasteiger partial charge in [-0.1, -0.05) is 6.08 Å². The van der Waals surface area contributed by atoms with E-state index in [0.29, 0.717) is 0 Å². The molecule has 0 saturated carbocycles. The Kier molecular flexibility index (Phi) is 7.13. The zero-order valence-corrected chi connectivity index (χ0v) is 10.7. The number of nitrogens with zero attached hydrogens (tertiary/aromatic N) is 1. The molecule has 90 valence electrons. The van der Waals surface area contributed by atoms with Gasteiger partial charge in [-0.3, -0.25) is 4.98 Å². The van der Waals surface area contributed by atoms with Crippen LogP contribution in [0.5, 0.6) is 5.75 Å². The van der Waals surface area contributed by atoms with Crippen LogP contribution in [0.2, 0.25) is 0 Å². The maximum Gasteiger partial charge on any atom is 0.144 e. The molecule has 0 amide bonds. The molecule has 0 fully saturated rings. The zero-order valence-electron chi connectivity index (χ0n) is 9.10. The van der Waals surface area contributed by atoms with Crippen molar-refractivity contribution < 1.29 is 4.74 Å². The van der Waals surface area contributed by atoms with E-state index in [2.05, 4.69) is 16.4 Å². The van der Waals surface area contributed by atoms with Gasteiger partial charge in [-0.15, -0.1) is 24.8 Å². The van der Waals surface area contributed by atoms with E-state index in [-0.39, 0.29) is 24.8 Å². The Bertz CT molecular complexity index is 356. The van der Waals surface area contributed by atoms with Gasteiger partial charge in [-0.2, -0.15) is 0 Å². The number of rotatable bonds is 2.